The van der Waals surface area contributed by atoms with Crippen LogP contribution >= 0.6 is 0 Å². The second kappa shape index (κ2) is 17.2. The van der Waals surface area contributed by atoms with Crippen molar-refractivity contribution in [1.82, 2.24) is 0 Å². The van der Waals surface area contributed by atoms with Crippen molar-refractivity contribution in [2.75, 3.05) is 9.80 Å². The van der Waals surface area contributed by atoms with Crippen LogP contribution in [-0.2, 0) is 0 Å². The van der Waals surface area contributed by atoms with Crippen LogP contribution in [0.1, 0.15) is 0 Å². The first-order chi connectivity index (χ1) is 33.2. The molecule has 0 fully saturated rings. The molecule has 316 valence electrons. The van der Waals surface area contributed by atoms with Crippen LogP contribution in [0.4, 0.5) is 34.1 Å². The predicted molar refractivity (Wildman–Crippen MR) is 282 cm³/mol. The molecule has 0 unspecified atom stereocenters. The van der Waals surface area contributed by atoms with Crippen LogP contribution in [0.3, 0.4) is 0 Å². The number of para-hydroxylation sites is 2. The lowest BCUT2D eigenvalue weighted by Gasteiger charge is -2.28. The number of anilines is 6. The Morgan fingerprint density at radius 3 is 1.16 bits per heavy atom. The van der Waals surface area contributed by atoms with E-state index >= 15 is 0 Å². The Bertz CT molecular complexity index is 3560. The van der Waals surface area contributed by atoms with E-state index in [0.29, 0.717) is 0 Å². The molecule has 1 aromatic heterocycles. The maximum atomic E-state index is 7.00. The topological polar surface area (TPSA) is 19.6 Å². The molecule has 0 bridgehead atoms. The zero-order chi connectivity index (χ0) is 44.5. The lowest BCUT2D eigenvalue weighted by atomic mass is 9.95. The highest BCUT2D eigenvalue weighted by atomic mass is 16.3. The molecule has 0 atom stereocenters. The van der Waals surface area contributed by atoms with E-state index in [1.54, 1.807) is 0 Å². The molecule has 0 saturated carbocycles. The van der Waals surface area contributed by atoms with Crippen LogP contribution in [-0.4, -0.2) is 0 Å². The van der Waals surface area contributed by atoms with Gasteiger partial charge in [-0.25, -0.2) is 0 Å². The van der Waals surface area contributed by atoms with Gasteiger partial charge in [0.2, 0.25) is 0 Å². The van der Waals surface area contributed by atoms with Crippen LogP contribution < -0.4 is 9.80 Å². The summed E-state index contributed by atoms with van der Waals surface area (Å²) < 4.78 is 7.00. The average Bonchev–Trinajstić information content (AvgIpc) is 3.80. The minimum atomic E-state index is 0.842. The molecule has 3 heteroatoms. The third-order valence-corrected chi connectivity index (χ3v) is 12.9. The number of benzene rings is 11. The van der Waals surface area contributed by atoms with Crippen molar-refractivity contribution < 1.29 is 4.42 Å². The van der Waals surface area contributed by atoms with Crippen LogP contribution in [0.15, 0.2) is 271 Å². The fourth-order valence-corrected chi connectivity index (χ4v) is 9.67. The molecule has 12 rings (SSSR count). The summed E-state index contributed by atoms with van der Waals surface area (Å²) in [5, 5.41) is 4.29. The maximum absolute atomic E-state index is 7.00. The molecule has 0 aliphatic rings. The number of furan rings is 1. The Morgan fingerprint density at radius 1 is 0.254 bits per heavy atom. The first-order valence-corrected chi connectivity index (χ1v) is 22.8. The fourth-order valence-electron chi connectivity index (χ4n) is 9.67. The van der Waals surface area contributed by atoms with Gasteiger partial charge in [0.15, 0.2) is 0 Å². The number of fused-ring (bicyclic) bond motifs is 5. The van der Waals surface area contributed by atoms with Crippen molar-refractivity contribution in [2.45, 2.75) is 0 Å². The van der Waals surface area contributed by atoms with Gasteiger partial charge in [-0.2, -0.15) is 0 Å². The van der Waals surface area contributed by atoms with E-state index < -0.39 is 0 Å². The Labute approximate surface area is 390 Å². The van der Waals surface area contributed by atoms with E-state index in [1.807, 2.05) is 0 Å². The summed E-state index contributed by atoms with van der Waals surface area (Å²) in [7, 11) is 0. The molecule has 0 radical (unpaired) electrons. The highest BCUT2D eigenvalue weighted by molar-refractivity contribution is 6.23. The summed E-state index contributed by atoms with van der Waals surface area (Å²) in [5.74, 6) is 0. The Kier molecular flexibility index (Phi) is 10.2. The molecule has 67 heavy (non-hydrogen) atoms. The van der Waals surface area contributed by atoms with Crippen LogP contribution in [0.5, 0.6) is 0 Å². The normalized spacial score (nSPS) is 11.3. The number of hydrogen-bond donors (Lipinski definition) is 0. The van der Waals surface area contributed by atoms with Gasteiger partial charge in [0.05, 0.1) is 11.4 Å². The second-order valence-electron chi connectivity index (χ2n) is 16.9. The summed E-state index contributed by atoms with van der Waals surface area (Å²) >= 11 is 0. The molecular weight excluding hydrogens is 813 g/mol. The number of nitrogens with zero attached hydrogens (tertiary/aromatic N) is 2. The first kappa shape index (κ1) is 39.7. The van der Waals surface area contributed by atoms with Crippen molar-refractivity contribution in [3.8, 4) is 44.5 Å². The Balaban J connectivity index is 1.06. The van der Waals surface area contributed by atoms with Crippen molar-refractivity contribution in [2.24, 2.45) is 0 Å². The van der Waals surface area contributed by atoms with Gasteiger partial charge >= 0.3 is 0 Å². The van der Waals surface area contributed by atoms with E-state index in [1.165, 1.54) is 33.4 Å². The van der Waals surface area contributed by atoms with Gasteiger partial charge in [0, 0.05) is 49.9 Å². The minimum Gasteiger partial charge on any atom is -0.455 e. The van der Waals surface area contributed by atoms with E-state index in [0.717, 1.165) is 78.0 Å². The van der Waals surface area contributed by atoms with E-state index in [4.69, 9.17) is 4.42 Å². The van der Waals surface area contributed by atoms with Gasteiger partial charge in [0.25, 0.3) is 0 Å². The van der Waals surface area contributed by atoms with E-state index in [-0.39, 0.29) is 0 Å². The SMILES string of the molecule is c1ccc(-c2ccc(N(c3ccccc3)c3ccccc3-c3cccc4oc5c6ccccc6c(N(c6ccc(-c7ccccc7)cc6)c6ccc(-c7ccccc7)cc6)cc5c34)cc2)cc1. The molecule has 0 aliphatic heterocycles. The Hall–Kier alpha value is -8.92. The van der Waals surface area contributed by atoms with Gasteiger partial charge in [-0.3, -0.25) is 0 Å². The quantitative estimate of drug-likeness (QED) is 0.137. The third kappa shape index (κ3) is 7.39. The number of rotatable bonds is 10. The summed E-state index contributed by atoms with van der Waals surface area (Å²) in [6, 6.07) is 95.4. The second-order valence-corrected chi connectivity index (χ2v) is 16.9. The summed E-state index contributed by atoms with van der Waals surface area (Å²) in [6.07, 6.45) is 0. The lowest BCUT2D eigenvalue weighted by molar-refractivity contribution is 0.673. The molecule has 0 saturated heterocycles. The first-order valence-electron chi connectivity index (χ1n) is 22.8. The highest BCUT2D eigenvalue weighted by Crippen LogP contribution is 2.49. The minimum absolute atomic E-state index is 0.842. The predicted octanol–water partition coefficient (Wildman–Crippen LogP) is 18.3. The van der Waals surface area contributed by atoms with Gasteiger partial charge in [-0.05, 0) is 106 Å². The summed E-state index contributed by atoms with van der Waals surface area (Å²) in [4.78, 5) is 4.77. The van der Waals surface area contributed by atoms with Crippen LogP contribution in [0.25, 0.3) is 77.2 Å². The summed E-state index contributed by atoms with van der Waals surface area (Å²) in [6.45, 7) is 0. The van der Waals surface area contributed by atoms with Crippen molar-refractivity contribution in [3.05, 3.63) is 267 Å². The maximum Gasteiger partial charge on any atom is 0.143 e. The van der Waals surface area contributed by atoms with Gasteiger partial charge < -0.3 is 14.2 Å². The van der Waals surface area contributed by atoms with Crippen molar-refractivity contribution in [3.63, 3.8) is 0 Å². The van der Waals surface area contributed by atoms with Crippen LogP contribution in [0, 0.1) is 0 Å². The largest absolute Gasteiger partial charge is 0.455 e. The van der Waals surface area contributed by atoms with Crippen molar-refractivity contribution in [1.29, 1.82) is 0 Å². The molecule has 0 aliphatic carbocycles. The molecule has 3 nitrogen and oxygen atoms in total. The molecule has 11 aromatic carbocycles. The monoisotopic (exact) mass is 856 g/mol. The summed E-state index contributed by atoms with van der Waals surface area (Å²) in [5.41, 5.74) is 17.4. The zero-order valence-electron chi connectivity index (χ0n) is 36.7. The fraction of sp³-hybridized carbons (Fsp3) is 0. The van der Waals surface area contributed by atoms with Gasteiger partial charge in [-0.15, -0.1) is 0 Å². The molecule has 0 spiro atoms. The molecule has 0 amide bonds. The molecule has 1 heterocycles. The van der Waals surface area contributed by atoms with Gasteiger partial charge in [0.1, 0.15) is 11.2 Å². The van der Waals surface area contributed by atoms with Crippen molar-refractivity contribution >= 4 is 66.8 Å². The third-order valence-electron chi connectivity index (χ3n) is 12.9. The Morgan fingerprint density at radius 2 is 0.642 bits per heavy atom. The molecular formula is C64H44N2O. The van der Waals surface area contributed by atoms with Crippen LogP contribution in [0.2, 0.25) is 0 Å². The zero-order valence-corrected chi connectivity index (χ0v) is 36.7. The molecule has 12 aromatic rings. The lowest BCUT2D eigenvalue weighted by Crippen LogP contribution is -2.11. The van der Waals surface area contributed by atoms with E-state index in [2.05, 4.69) is 277 Å². The van der Waals surface area contributed by atoms with Gasteiger partial charge in [-0.1, -0.05) is 200 Å². The standard InChI is InChI=1S/C64H44N2O/c1-5-18-45(19-6-1)48-32-38-52(39-33-48)65(51-24-11-4-12-25-51)60-30-16-15-26-55(60)57-29-17-31-62-63(57)59-44-61(56-27-13-14-28-58(56)64(59)67-62)66(53-40-34-49(35-41-53)46-20-7-2-8-21-46)54-42-36-50(37-43-54)47-22-9-3-10-23-47/h1-44H. The number of hydrogen-bond acceptors (Lipinski definition) is 3. The van der Waals surface area contributed by atoms with E-state index in [9.17, 15) is 0 Å². The average molecular weight is 857 g/mol. The molecule has 0 N–H and O–H groups in total. The smallest absolute Gasteiger partial charge is 0.143 e. The highest BCUT2D eigenvalue weighted by Gasteiger charge is 2.24.